The fourth-order valence-corrected chi connectivity index (χ4v) is 2.88. The summed E-state index contributed by atoms with van der Waals surface area (Å²) in [5.74, 6) is 0.944. The van der Waals surface area contributed by atoms with Crippen LogP contribution in [-0.4, -0.2) is 36.1 Å². The standard InChI is InChI=1S/C15H14ClF3N5/c16-11-8-10(15(17,18)19)9-22-13(11)23-4-6-24(7-5-23)14-12(20)2-1-3-21-14/h1-3,8-9,20H,4-7H2. The highest BCUT2D eigenvalue weighted by atomic mass is 35.5. The van der Waals surface area contributed by atoms with Crippen LogP contribution in [0, 0.1) is 0 Å². The lowest BCUT2D eigenvalue weighted by Crippen LogP contribution is -2.47. The summed E-state index contributed by atoms with van der Waals surface area (Å²) in [5.41, 5.74) is 7.36. The monoisotopic (exact) mass is 356 g/mol. The lowest BCUT2D eigenvalue weighted by Gasteiger charge is -2.36. The molecule has 5 nitrogen and oxygen atoms in total. The smallest absolute Gasteiger partial charge is 0.352 e. The summed E-state index contributed by atoms with van der Waals surface area (Å²) in [6, 6.07) is 4.27. The summed E-state index contributed by atoms with van der Waals surface area (Å²) in [6.07, 6.45) is -2.03. The van der Waals surface area contributed by atoms with Crippen molar-refractivity contribution in [1.82, 2.24) is 15.7 Å². The maximum Gasteiger partial charge on any atom is 0.417 e. The molecule has 1 fully saturated rings. The summed E-state index contributed by atoms with van der Waals surface area (Å²) < 4.78 is 38.0. The lowest BCUT2D eigenvalue weighted by molar-refractivity contribution is -0.137. The van der Waals surface area contributed by atoms with Crippen molar-refractivity contribution >= 4 is 28.9 Å². The fraction of sp³-hybridized carbons (Fsp3) is 0.333. The molecular formula is C15H14ClF3N5. The van der Waals surface area contributed by atoms with Gasteiger partial charge < -0.3 is 9.80 Å². The van der Waals surface area contributed by atoms with Crippen molar-refractivity contribution in [3.05, 3.63) is 41.2 Å². The van der Waals surface area contributed by atoms with E-state index in [2.05, 4.69) is 9.97 Å². The average Bonchev–Trinajstić information content (AvgIpc) is 2.55. The Balaban J connectivity index is 1.72. The number of halogens is 4. The molecule has 1 saturated heterocycles. The molecule has 9 heteroatoms. The molecule has 3 rings (SSSR count). The second-order valence-electron chi connectivity index (χ2n) is 5.38. The van der Waals surface area contributed by atoms with Gasteiger partial charge in [0.25, 0.3) is 0 Å². The molecule has 0 aromatic carbocycles. The summed E-state index contributed by atoms with van der Waals surface area (Å²) >= 11 is 5.99. The number of nitrogens with zero attached hydrogens (tertiary/aromatic N) is 4. The molecule has 0 bridgehead atoms. The molecule has 0 aliphatic carbocycles. The van der Waals surface area contributed by atoms with Crippen LogP contribution in [0.4, 0.5) is 30.5 Å². The van der Waals surface area contributed by atoms with Gasteiger partial charge >= 0.3 is 6.18 Å². The highest BCUT2D eigenvalue weighted by molar-refractivity contribution is 6.33. The van der Waals surface area contributed by atoms with E-state index >= 15 is 0 Å². The van der Waals surface area contributed by atoms with Gasteiger partial charge in [0.1, 0.15) is 5.82 Å². The van der Waals surface area contributed by atoms with Gasteiger partial charge in [-0.2, -0.15) is 13.2 Å². The number of hydrogen-bond donors (Lipinski definition) is 0. The van der Waals surface area contributed by atoms with Crippen molar-refractivity contribution in [2.75, 3.05) is 36.0 Å². The van der Waals surface area contributed by atoms with Crippen molar-refractivity contribution in [2.24, 2.45) is 0 Å². The number of piperazine rings is 1. The molecule has 0 unspecified atom stereocenters. The number of alkyl halides is 3. The summed E-state index contributed by atoms with van der Waals surface area (Å²) in [7, 11) is 0. The third kappa shape index (κ3) is 3.33. The van der Waals surface area contributed by atoms with Gasteiger partial charge in [-0.05, 0) is 18.2 Å². The Labute approximate surface area is 141 Å². The topological polar surface area (TPSA) is 56.1 Å². The van der Waals surface area contributed by atoms with Crippen LogP contribution in [-0.2, 0) is 6.18 Å². The largest absolute Gasteiger partial charge is 0.417 e. The van der Waals surface area contributed by atoms with Crippen LogP contribution in [0.2, 0.25) is 5.02 Å². The SMILES string of the molecule is [NH]c1cccnc1N1CCN(c2ncc(C(F)(F)F)cc2Cl)CC1. The molecule has 0 saturated carbocycles. The molecule has 127 valence electrons. The zero-order valence-corrected chi connectivity index (χ0v) is 13.3. The van der Waals surface area contributed by atoms with Crippen LogP contribution in [0.1, 0.15) is 5.56 Å². The van der Waals surface area contributed by atoms with Crippen molar-refractivity contribution in [3.8, 4) is 0 Å². The maximum absolute atomic E-state index is 12.7. The van der Waals surface area contributed by atoms with E-state index in [1.807, 2.05) is 9.80 Å². The van der Waals surface area contributed by atoms with E-state index in [0.717, 1.165) is 12.3 Å². The van der Waals surface area contributed by atoms with Crippen molar-refractivity contribution in [2.45, 2.75) is 6.18 Å². The Kier molecular flexibility index (Phi) is 4.40. The molecule has 1 aliphatic heterocycles. The third-order valence-corrected chi connectivity index (χ3v) is 4.09. The number of pyridine rings is 2. The van der Waals surface area contributed by atoms with E-state index in [-0.39, 0.29) is 5.02 Å². The predicted octanol–water partition coefficient (Wildman–Crippen LogP) is 3.39. The molecular weight excluding hydrogens is 343 g/mol. The number of aromatic nitrogens is 2. The van der Waals surface area contributed by atoms with Crippen molar-refractivity contribution in [1.29, 1.82) is 0 Å². The van der Waals surface area contributed by atoms with Crippen LogP contribution >= 0.6 is 11.6 Å². The van der Waals surface area contributed by atoms with Crippen LogP contribution < -0.4 is 15.5 Å². The minimum atomic E-state index is -4.46. The van der Waals surface area contributed by atoms with E-state index in [4.69, 9.17) is 17.3 Å². The summed E-state index contributed by atoms with van der Waals surface area (Å²) in [5, 5.41) is -0.0164. The molecule has 24 heavy (non-hydrogen) atoms. The van der Waals surface area contributed by atoms with Gasteiger partial charge in [0, 0.05) is 38.6 Å². The Morgan fingerprint density at radius 1 is 1.04 bits per heavy atom. The number of hydrogen-bond acceptors (Lipinski definition) is 4. The Morgan fingerprint density at radius 2 is 1.67 bits per heavy atom. The summed E-state index contributed by atoms with van der Waals surface area (Å²) in [6.45, 7) is 2.24. The molecule has 0 spiro atoms. The average molecular weight is 357 g/mol. The first-order chi connectivity index (χ1) is 11.4. The quantitative estimate of drug-likeness (QED) is 0.827. The van der Waals surface area contributed by atoms with Gasteiger partial charge in [0.05, 0.1) is 16.3 Å². The molecule has 0 amide bonds. The van der Waals surface area contributed by atoms with Gasteiger partial charge in [-0.3, -0.25) is 5.73 Å². The van der Waals surface area contributed by atoms with Crippen LogP contribution in [0.25, 0.3) is 0 Å². The molecule has 3 heterocycles. The minimum absolute atomic E-state index is 0.0164. The van der Waals surface area contributed by atoms with Gasteiger partial charge in [0.2, 0.25) is 0 Å². The Bertz CT molecular complexity index is 729. The normalized spacial score (nSPS) is 15.7. The van der Waals surface area contributed by atoms with Gasteiger partial charge in [0.15, 0.2) is 5.82 Å². The molecule has 2 aromatic rings. The van der Waals surface area contributed by atoms with E-state index in [1.165, 1.54) is 0 Å². The Hall–Kier alpha value is -2.22. The lowest BCUT2D eigenvalue weighted by atomic mass is 10.2. The van der Waals surface area contributed by atoms with Crippen LogP contribution in [0.3, 0.4) is 0 Å². The first-order valence-corrected chi connectivity index (χ1v) is 7.63. The third-order valence-electron chi connectivity index (χ3n) is 3.81. The number of rotatable bonds is 2. The zero-order valence-electron chi connectivity index (χ0n) is 12.5. The maximum atomic E-state index is 12.7. The molecule has 2 aromatic heterocycles. The Morgan fingerprint density at radius 3 is 2.21 bits per heavy atom. The number of nitrogens with one attached hydrogen (secondary N) is 1. The first-order valence-electron chi connectivity index (χ1n) is 7.25. The summed E-state index contributed by atoms with van der Waals surface area (Å²) in [4.78, 5) is 11.9. The molecule has 1 N–H and O–H groups in total. The fourth-order valence-electron chi connectivity index (χ4n) is 2.60. The minimum Gasteiger partial charge on any atom is -0.352 e. The van der Waals surface area contributed by atoms with Gasteiger partial charge in [-0.25, -0.2) is 9.97 Å². The second-order valence-corrected chi connectivity index (χ2v) is 5.78. The van der Waals surface area contributed by atoms with Gasteiger partial charge in [-0.15, -0.1) is 0 Å². The van der Waals surface area contributed by atoms with E-state index in [1.54, 1.807) is 18.3 Å². The van der Waals surface area contributed by atoms with Crippen LogP contribution in [0.15, 0.2) is 30.6 Å². The second kappa shape index (κ2) is 6.35. The van der Waals surface area contributed by atoms with Gasteiger partial charge in [-0.1, -0.05) is 11.6 Å². The molecule has 1 aliphatic rings. The van der Waals surface area contributed by atoms with E-state index in [9.17, 15) is 13.2 Å². The van der Waals surface area contributed by atoms with E-state index < -0.39 is 11.7 Å². The van der Waals surface area contributed by atoms with Crippen molar-refractivity contribution in [3.63, 3.8) is 0 Å². The predicted molar refractivity (Wildman–Crippen MR) is 85.7 cm³/mol. The highest BCUT2D eigenvalue weighted by Gasteiger charge is 2.32. The van der Waals surface area contributed by atoms with E-state index in [0.29, 0.717) is 43.5 Å². The molecule has 0 atom stereocenters. The number of anilines is 2. The first kappa shape index (κ1) is 16.6. The van der Waals surface area contributed by atoms with Crippen molar-refractivity contribution < 1.29 is 13.2 Å². The zero-order chi connectivity index (χ0) is 17.3. The molecule has 1 radical (unpaired) electrons. The highest BCUT2D eigenvalue weighted by Crippen LogP contribution is 2.34. The van der Waals surface area contributed by atoms with Crippen LogP contribution in [0.5, 0.6) is 0 Å².